The van der Waals surface area contributed by atoms with E-state index in [0.717, 1.165) is 43.9 Å². The summed E-state index contributed by atoms with van der Waals surface area (Å²) in [6, 6.07) is 0. The molecule has 0 saturated carbocycles. The van der Waals surface area contributed by atoms with Gasteiger partial charge in [0.15, 0.2) is 6.10 Å². The molecule has 0 saturated heterocycles. The van der Waals surface area contributed by atoms with E-state index in [1.807, 2.05) is 0 Å². The molecule has 0 radical (unpaired) electrons. The second-order valence-corrected chi connectivity index (χ2v) is 14.0. The molecule has 0 unspecified atom stereocenters. The first-order chi connectivity index (χ1) is 20.8. The summed E-state index contributed by atoms with van der Waals surface area (Å²) in [5, 5.41) is 9.52. The molecule has 0 aliphatic carbocycles. The monoisotopic (exact) mass is 611 g/mol. The van der Waals surface area contributed by atoms with Crippen molar-refractivity contribution in [1.82, 2.24) is 0 Å². The number of unbranched alkanes of at least 4 members (excludes halogenated alkanes) is 21. The Morgan fingerprint density at radius 3 is 1.09 bits per heavy atom. The van der Waals surface area contributed by atoms with Crippen LogP contribution in [-0.2, 0) is 19.1 Å². The maximum atomic E-state index is 12.1. The van der Waals surface area contributed by atoms with Gasteiger partial charge in [-0.3, -0.25) is 9.59 Å². The Morgan fingerprint density at radius 2 is 0.767 bits per heavy atom. The molecule has 0 aliphatic rings. The lowest BCUT2D eigenvalue weighted by Gasteiger charge is -2.15. The molecule has 0 heterocycles. The molecule has 0 fully saturated rings. The highest BCUT2D eigenvalue weighted by Crippen LogP contribution is 2.16. The van der Waals surface area contributed by atoms with Crippen LogP contribution < -0.4 is 0 Å². The third-order valence-corrected chi connectivity index (χ3v) is 8.51. The van der Waals surface area contributed by atoms with Crippen LogP contribution in [0.5, 0.6) is 0 Å². The van der Waals surface area contributed by atoms with Gasteiger partial charge in [0.25, 0.3) is 0 Å². The summed E-state index contributed by atoms with van der Waals surface area (Å²) in [7, 11) is 0. The smallest absolute Gasteiger partial charge is 0.306 e. The Hall–Kier alpha value is -1.10. The van der Waals surface area contributed by atoms with Crippen molar-refractivity contribution in [3.63, 3.8) is 0 Å². The van der Waals surface area contributed by atoms with E-state index in [1.54, 1.807) is 0 Å². The number of rotatable bonds is 33. The standard InChI is InChI=1S/C38H74O5/c1-34(2)28-24-20-16-12-9-7-5-6-8-10-14-18-22-26-30-37(40)42-33-36(32-39)43-38(41)31-27-23-19-15-11-13-17-21-25-29-35(3)4/h34-36,39H,5-33H2,1-4H3/t36-/m0/s1. The number of hydrogen-bond acceptors (Lipinski definition) is 5. The molecule has 5 heteroatoms. The molecule has 43 heavy (non-hydrogen) atoms. The fourth-order valence-corrected chi connectivity index (χ4v) is 5.63. The normalized spacial score (nSPS) is 12.3. The van der Waals surface area contributed by atoms with E-state index < -0.39 is 6.10 Å². The lowest BCUT2D eigenvalue weighted by Crippen LogP contribution is -2.28. The molecule has 0 aromatic rings. The summed E-state index contributed by atoms with van der Waals surface area (Å²) in [6.45, 7) is 8.82. The number of aliphatic hydroxyl groups excluding tert-OH is 1. The number of ether oxygens (including phenoxy) is 2. The van der Waals surface area contributed by atoms with Crippen LogP contribution in [0.4, 0.5) is 0 Å². The highest BCUT2D eigenvalue weighted by atomic mass is 16.6. The van der Waals surface area contributed by atoms with E-state index in [4.69, 9.17) is 9.47 Å². The van der Waals surface area contributed by atoms with E-state index >= 15 is 0 Å². The highest BCUT2D eigenvalue weighted by molar-refractivity contribution is 5.70. The lowest BCUT2D eigenvalue weighted by molar-refractivity contribution is -0.161. The van der Waals surface area contributed by atoms with Crippen LogP contribution in [0.3, 0.4) is 0 Å². The van der Waals surface area contributed by atoms with Crippen molar-refractivity contribution in [1.29, 1.82) is 0 Å². The minimum atomic E-state index is -0.762. The van der Waals surface area contributed by atoms with Crippen molar-refractivity contribution in [2.45, 2.75) is 207 Å². The van der Waals surface area contributed by atoms with Crippen molar-refractivity contribution in [2.75, 3.05) is 13.2 Å². The van der Waals surface area contributed by atoms with Crippen LogP contribution in [0, 0.1) is 11.8 Å². The number of carbonyl (C=O) groups is 2. The van der Waals surface area contributed by atoms with Gasteiger partial charge in [-0.2, -0.15) is 0 Å². The number of aliphatic hydroxyl groups is 1. The molecule has 0 aliphatic heterocycles. The molecule has 0 aromatic carbocycles. The van der Waals surface area contributed by atoms with Crippen LogP contribution in [-0.4, -0.2) is 36.4 Å². The van der Waals surface area contributed by atoms with Crippen molar-refractivity contribution < 1.29 is 24.2 Å². The van der Waals surface area contributed by atoms with E-state index in [1.165, 1.54) is 128 Å². The van der Waals surface area contributed by atoms with Gasteiger partial charge in [0.2, 0.25) is 0 Å². The Bertz CT molecular complexity index is 603. The van der Waals surface area contributed by atoms with E-state index in [-0.39, 0.29) is 25.2 Å². The fraction of sp³-hybridized carbons (Fsp3) is 0.947. The van der Waals surface area contributed by atoms with E-state index in [9.17, 15) is 14.7 Å². The summed E-state index contributed by atoms with van der Waals surface area (Å²) in [5.41, 5.74) is 0. The van der Waals surface area contributed by atoms with E-state index in [0.29, 0.717) is 12.8 Å². The third-order valence-electron chi connectivity index (χ3n) is 8.51. The average Bonchev–Trinajstić information content (AvgIpc) is 2.97. The van der Waals surface area contributed by atoms with Gasteiger partial charge in [-0.15, -0.1) is 0 Å². The molecule has 1 N–H and O–H groups in total. The minimum absolute atomic E-state index is 0.0592. The maximum Gasteiger partial charge on any atom is 0.306 e. The zero-order valence-corrected chi connectivity index (χ0v) is 29.3. The van der Waals surface area contributed by atoms with Crippen molar-refractivity contribution in [2.24, 2.45) is 11.8 Å². The first-order valence-electron chi connectivity index (χ1n) is 18.8. The van der Waals surface area contributed by atoms with Crippen LogP contribution in [0.15, 0.2) is 0 Å². The van der Waals surface area contributed by atoms with Gasteiger partial charge in [-0.1, -0.05) is 175 Å². The molecule has 0 spiro atoms. The predicted molar refractivity (Wildman–Crippen MR) is 182 cm³/mol. The third kappa shape index (κ3) is 33.6. The van der Waals surface area contributed by atoms with E-state index in [2.05, 4.69) is 27.7 Å². The summed E-state index contributed by atoms with van der Waals surface area (Å²) in [4.78, 5) is 24.2. The summed E-state index contributed by atoms with van der Waals surface area (Å²) in [5.74, 6) is 1.09. The first kappa shape index (κ1) is 41.9. The van der Waals surface area contributed by atoms with Gasteiger partial charge in [-0.05, 0) is 24.7 Å². The van der Waals surface area contributed by atoms with Crippen molar-refractivity contribution in [3.8, 4) is 0 Å². The number of carbonyl (C=O) groups excluding carboxylic acids is 2. The SMILES string of the molecule is CC(C)CCCCCCCCCCCCCCCCC(=O)OC[C@H](CO)OC(=O)CCCCCCCCCCCC(C)C. The van der Waals surface area contributed by atoms with Crippen LogP contribution in [0.25, 0.3) is 0 Å². The number of esters is 2. The van der Waals surface area contributed by atoms with Crippen LogP contribution in [0.2, 0.25) is 0 Å². The molecule has 0 amide bonds. The Morgan fingerprint density at radius 1 is 0.465 bits per heavy atom. The summed E-state index contributed by atoms with van der Waals surface area (Å²) < 4.78 is 10.6. The minimum Gasteiger partial charge on any atom is -0.462 e. The fourth-order valence-electron chi connectivity index (χ4n) is 5.63. The molecule has 1 atom stereocenters. The Labute approximate surface area is 268 Å². The Balaban J connectivity index is 3.51. The number of hydrogen-bond donors (Lipinski definition) is 1. The summed E-state index contributed by atoms with van der Waals surface area (Å²) >= 11 is 0. The lowest BCUT2D eigenvalue weighted by atomic mass is 10.0. The zero-order chi connectivity index (χ0) is 31.8. The molecule has 0 bridgehead atoms. The molecular weight excluding hydrogens is 536 g/mol. The van der Waals surface area contributed by atoms with Gasteiger partial charge in [0, 0.05) is 12.8 Å². The summed E-state index contributed by atoms with van der Waals surface area (Å²) in [6.07, 6.45) is 31.6. The second kappa shape index (κ2) is 32.3. The highest BCUT2D eigenvalue weighted by Gasteiger charge is 2.16. The van der Waals surface area contributed by atoms with Gasteiger partial charge in [0.1, 0.15) is 6.61 Å². The average molecular weight is 611 g/mol. The van der Waals surface area contributed by atoms with Gasteiger partial charge < -0.3 is 14.6 Å². The second-order valence-electron chi connectivity index (χ2n) is 14.0. The molecule has 256 valence electrons. The first-order valence-corrected chi connectivity index (χ1v) is 18.8. The van der Waals surface area contributed by atoms with Crippen LogP contribution >= 0.6 is 0 Å². The largest absolute Gasteiger partial charge is 0.462 e. The molecular formula is C38H74O5. The van der Waals surface area contributed by atoms with Gasteiger partial charge in [-0.25, -0.2) is 0 Å². The van der Waals surface area contributed by atoms with Crippen molar-refractivity contribution in [3.05, 3.63) is 0 Å². The Kier molecular flexibility index (Phi) is 31.5. The van der Waals surface area contributed by atoms with Crippen LogP contribution in [0.1, 0.15) is 201 Å². The van der Waals surface area contributed by atoms with Gasteiger partial charge >= 0.3 is 11.9 Å². The molecule has 0 aromatic heterocycles. The topological polar surface area (TPSA) is 72.8 Å². The molecule has 5 nitrogen and oxygen atoms in total. The van der Waals surface area contributed by atoms with Gasteiger partial charge in [0.05, 0.1) is 6.61 Å². The quantitative estimate of drug-likeness (QED) is 0.0591. The maximum absolute atomic E-state index is 12.1. The zero-order valence-electron chi connectivity index (χ0n) is 29.3. The van der Waals surface area contributed by atoms with Crippen molar-refractivity contribution >= 4 is 11.9 Å². The predicted octanol–water partition coefficient (Wildman–Crippen LogP) is 11.3. The molecule has 0 rings (SSSR count).